The smallest absolute Gasteiger partial charge is 0.325 e. The number of amides is 4. The lowest BCUT2D eigenvalue weighted by Crippen LogP contribution is -2.51. The number of piperidine rings is 1. The topological polar surface area (TPSA) is 90.5 Å². The zero-order valence-corrected chi connectivity index (χ0v) is 14.8. The van der Waals surface area contributed by atoms with Crippen molar-refractivity contribution in [3.63, 3.8) is 0 Å². The molecule has 2 saturated heterocycles. The monoisotopic (exact) mass is 346 g/mol. The number of nitrogens with zero attached hydrogens (tertiary/aromatic N) is 1. The minimum absolute atomic E-state index is 0. The van der Waals surface area contributed by atoms with E-state index in [0.29, 0.717) is 18.8 Å². The first-order chi connectivity index (χ1) is 10.4. The molecule has 132 valence electrons. The van der Waals surface area contributed by atoms with Gasteiger partial charge in [-0.3, -0.25) is 14.5 Å². The Morgan fingerprint density at radius 3 is 2.52 bits per heavy atom. The standard InChI is InChI=1S/C15H26N4O3.ClH/c1-4-15(5-2)13(21)19(14(22)18-15)9-12(20)17-11-6-7-16-8-10(11)3;/h10-11,16H,4-9H2,1-3H3,(H,17,20)(H,18,22);1H. The van der Waals surface area contributed by atoms with Gasteiger partial charge in [0.2, 0.25) is 5.91 Å². The molecule has 2 aliphatic rings. The van der Waals surface area contributed by atoms with E-state index in [0.717, 1.165) is 24.4 Å². The lowest BCUT2D eigenvalue weighted by atomic mass is 9.93. The maximum atomic E-state index is 12.4. The molecular formula is C15H27ClN4O3. The van der Waals surface area contributed by atoms with Gasteiger partial charge in [0.1, 0.15) is 12.1 Å². The Balaban J connectivity index is 0.00000264. The van der Waals surface area contributed by atoms with Gasteiger partial charge in [-0.15, -0.1) is 12.4 Å². The van der Waals surface area contributed by atoms with Crippen molar-refractivity contribution in [2.75, 3.05) is 19.6 Å². The van der Waals surface area contributed by atoms with Crippen LogP contribution >= 0.6 is 12.4 Å². The zero-order valence-electron chi connectivity index (χ0n) is 14.0. The maximum Gasteiger partial charge on any atom is 0.325 e. The van der Waals surface area contributed by atoms with Gasteiger partial charge >= 0.3 is 6.03 Å². The summed E-state index contributed by atoms with van der Waals surface area (Å²) in [6.45, 7) is 7.33. The van der Waals surface area contributed by atoms with Gasteiger partial charge in [-0.1, -0.05) is 20.8 Å². The average molecular weight is 347 g/mol. The molecule has 0 aromatic rings. The number of hydrogen-bond donors (Lipinski definition) is 3. The minimum atomic E-state index is -0.848. The van der Waals surface area contributed by atoms with Crippen molar-refractivity contribution >= 4 is 30.3 Å². The van der Waals surface area contributed by atoms with Crippen molar-refractivity contribution in [1.29, 1.82) is 0 Å². The molecule has 0 spiro atoms. The van der Waals surface area contributed by atoms with Crippen molar-refractivity contribution in [2.45, 2.75) is 51.6 Å². The van der Waals surface area contributed by atoms with Crippen LogP contribution in [0.15, 0.2) is 0 Å². The Bertz CT molecular complexity index is 468. The van der Waals surface area contributed by atoms with Crippen LogP contribution in [-0.4, -0.2) is 54.0 Å². The van der Waals surface area contributed by atoms with Gasteiger partial charge in [-0.05, 0) is 38.3 Å². The number of carbonyl (C=O) groups is 3. The number of hydrogen-bond acceptors (Lipinski definition) is 4. The zero-order chi connectivity index (χ0) is 16.3. The summed E-state index contributed by atoms with van der Waals surface area (Å²) in [7, 11) is 0. The van der Waals surface area contributed by atoms with E-state index in [1.165, 1.54) is 0 Å². The van der Waals surface area contributed by atoms with Gasteiger partial charge in [-0.2, -0.15) is 0 Å². The summed E-state index contributed by atoms with van der Waals surface area (Å²) in [4.78, 5) is 37.7. The first-order valence-electron chi connectivity index (χ1n) is 8.07. The molecule has 2 aliphatic heterocycles. The molecule has 2 unspecified atom stereocenters. The van der Waals surface area contributed by atoms with Gasteiger partial charge in [0.25, 0.3) is 5.91 Å². The fourth-order valence-electron chi connectivity index (χ4n) is 3.17. The summed E-state index contributed by atoms with van der Waals surface area (Å²) in [5.74, 6) is -0.229. The second-order valence-electron chi connectivity index (χ2n) is 6.25. The lowest BCUT2D eigenvalue weighted by Gasteiger charge is -2.30. The van der Waals surface area contributed by atoms with Gasteiger partial charge in [0.05, 0.1) is 0 Å². The highest BCUT2D eigenvalue weighted by atomic mass is 35.5. The highest BCUT2D eigenvalue weighted by Crippen LogP contribution is 2.24. The highest BCUT2D eigenvalue weighted by Gasteiger charge is 2.49. The summed E-state index contributed by atoms with van der Waals surface area (Å²) in [6.07, 6.45) is 1.91. The molecule has 0 aliphatic carbocycles. The van der Waals surface area contributed by atoms with Gasteiger partial charge in [0.15, 0.2) is 0 Å². The molecule has 8 heteroatoms. The summed E-state index contributed by atoms with van der Waals surface area (Å²) in [5.41, 5.74) is -0.848. The first kappa shape index (κ1) is 19.7. The Morgan fingerprint density at radius 2 is 2.00 bits per heavy atom. The van der Waals surface area contributed by atoms with Crippen molar-refractivity contribution in [1.82, 2.24) is 20.9 Å². The number of rotatable bonds is 5. The number of imide groups is 1. The molecule has 23 heavy (non-hydrogen) atoms. The predicted octanol–water partition coefficient (Wildman–Crippen LogP) is 0.633. The van der Waals surface area contributed by atoms with Crippen molar-refractivity contribution in [2.24, 2.45) is 5.92 Å². The third kappa shape index (κ3) is 3.95. The second-order valence-corrected chi connectivity index (χ2v) is 6.25. The molecule has 4 amide bonds. The first-order valence-corrected chi connectivity index (χ1v) is 8.07. The number of nitrogens with one attached hydrogen (secondary N) is 3. The van der Waals surface area contributed by atoms with Crippen LogP contribution < -0.4 is 16.0 Å². The second kappa shape index (κ2) is 7.97. The third-order valence-electron chi connectivity index (χ3n) is 4.89. The molecule has 0 aromatic carbocycles. The molecule has 3 N–H and O–H groups in total. The lowest BCUT2D eigenvalue weighted by molar-refractivity contribution is -0.135. The van der Waals surface area contributed by atoms with E-state index in [2.05, 4.69) is 22.9 Å². The van der Waals surface area contributed by atoms with E-state index in [9.17, 15) is 14.4 Å². The Morgan fingerprint density at radius 1 is 1.35 bits per heavy atom. The van der Waals surface area contributed by atoms with Crippen molar-refractivity contribution in [3.05, 3.63) is 0 Å². The van der Waals surface area contributed by atoms with Crippen LogP contribution in [0, 0.1) is 5.92 Å². The summed E-state index contributed by atoms with van der Waals surface area (Å²) in [5, 5.41) is 8.95. The summed E-state index contributed by atoms with van der Waals surface area (Å²) < 4.78 is 0. The normalized spacial score (nSPS) is 26.5. The van der Waals surface area contributed by atoms with Crippen LogP contribution in [0.25, 0.3) is 0 Å². The fraction of sp³-hybridized carbons (Fsp3) is 0.800. The SMILES string of the molecule is CCC1(CC)NC(=O)N(CC(=O)NC2CCNCC2C)C1=O.Cl. The number of carbonyl (C=O) groups excluding carboxylic acids is 3. The fourth-order valence-corrected chi connectivity index (χ4v) is 3.17. The van der Waals surface area contributed by atoms with Gasteiger partial charge < -0.3 is 16.0 Å². The molecule has 2 atom stereocenters. The van der Waals surface area contributed by atoms with E-state index in [4.69, 9.17) is 0 Å². The van der Waals surface area contributed by atoms with Gasteiger partial charge in [-0.25, -0.2) is 4.79 Å². The largest absolute Gasteiger partial charge is 0.351 e. The molecule has 7 nitrogen and oxygen atoms in total. The molecule has 2 rings (SSSR count). The molecule has 0 radical (unpaired) electrons. The van der Waals surface area contributed by atoms with E-state index in [-0.39, 0.29) is 36.8 Å². The summed E-state index contributed by atoms with van der Waals surface area (Å²) >= 11 is 0. The van der Waals surface area contributed by atoms with Crippen molar-refractivity contribution in [3.8, 4) is 0 Å². The molecule has 0 bridgehead atoms. The Hall–Kier alpha value is -1.34. The third-order valence-corrected chi connectivity index (χ3v) is 4.89. The van der Waals surface area contributed by atoms with E-state index >= 15 is 0 Å². The van der Waals surface area contributed by atoms with Crippen LogP contribution in [0.5, 0.6) is 0 Å². The van der Waals surface area contributed by atoms with E-state index in [1.807, 2.05) is 13.8 Å². The molecule has 2 fully saturated rings. The number of halogens is 1. The predicted molar refractivity (Wildman–Crippen MR) is 89.4 cm³/mol. The van der Waals surface area contributed by atoms with Gasteiger partial charge in [0, 0.05) is 6.04 Å². The number of urea groups is 1. The molecule has 0 saturated carbocycles. The molecular weight excluding hydrogens is 320 g/mol. The van der Waals surface area contributed by atoms with E-state index < -0.39 is 11.6 Å². The Kier molecular flexibility index (Phi) is 6.83. The van der Waals surface area contributed by atoms with Crippen LogP contribution in [0.2, 0.25) is 0 Å². The van der Waals surface area contributed by atoms with Crippen molar-refractivity contribution < 1.29 is 14.4 Å². The average Bonchev–Trinajstić information content (AvgIpc) is 2.74. The summed E-state index contributed by atoms with van der Waals surface area (Å²) in [6, 6.07) is -0.376. The molecule has 0 aromatic heterocycles. The minimum Gasteiger partial charge on any atom is -0.351 e. The molecule has 2 heterocycles. The quantitative estimate of drug-likeness (QED) is 0.637. The van der Waals surface area contributed by atoms with Crippen LogP contribution in [0.3, 0.4) is 0 Å². The maximum absolute atomic E-state index is 12.4. The van der Waals surface area contributed by atoms with E-state index in [1.54, 1.807) is 0 Å². The van der Waals surface area contributed by atoms with Crippen LogP contribution in [-0.2, 0) is 9.59 Å². The highest BCUT2D eigenvalue weighted by molar-refractivity contribution is 6.09. The van der Waals surface area contributed by atoms with Crippen LogP contribution in [0.1, 0.15) is 40.0 Å². The van der Waals surface area contributed by atoms with Crippen LogP contribution in [0.4, 0.5) is 4.79 Å². The Labute approximate surface area is 143 Å².